The summed E-state index contributed by atoms with van der Waals surface area (Å²) in [4.78, 5) is 15.8. The van der Waals surface area contributed by atoms with E-state index in [1.165, 1.54) is 0 Å². The van der Waals surface area contributed by atoms with E-state index in [1.54, 1.807) is 12.4 Å². The first-order valence-corrected chi connectivity index (χ1v) is 6.11. The Hall–Kier alpha value is -1.42. The zero-order valence-corrected chi connectivity index (χ0v) is 10.5. The third-order valence-corrected chi connectivity index (χ3v) is 2.75. The van der Waals surface area contributed by atoms with Crippen molar-refractivity contribution in [1.29, 1.82) is 0 Å². The molecule has 0 aliphatic heterocycles. The van der Waals surface area contributed by atoms with Crippen molar-refractivity contribution in [3.63, 3.8) is 0 Å². The van der Waals surface area contributed by atoms with Gasteiger partial charge in [-0.05, 0) is 25.0 Å². The molecule has 2 atom stereocenters. The highest BCUT2D eigenvalue weighted by molar-refractivity contribution is 5.81. The molecule has 0 saturated carbocycles. The van der Waals surface area contributed by atoms with Crippen LogP contribution in [0.2, 0.25) is 0 Å². The van der Waals surface area contributed by atoms with Crippen molar-refractivity contribution in [3.05, 3.63) is 30.1 Å². The summed E-state index contributed by atoms with van der Waals surface area (Å²) in [5, 5.41) is 2.90. The number of unbranched alkanes of at least 4 members (excludes halogenated alkanes) is 1. The van der Waals surface area contributed by atoms with Crippen molar-refractivity contribution in [2.45, 2.75) is 45.2 Å². The number of amides is 1. The zero-order chi connectivity index (χ0) is 12.7. The lowest BCUT2D eigenvalue weighted by Crippen LogP contribution is -2.41. The highest BCUT2D eigenvalue weighted by Crippen LogP contribution is 2.10. The van der Waals surface area contributed by atoms with Crippen molar-refractivity contribution in [1.82, 2.24) is 10.3 Å². The van der Waals surface area contributed by atoms with Crippen LogP contribution in [0.15, 0.2) is 24.5 Å². The third-order valence-electron chi connectivity index (χ3n) is 2.75. The van der Waals surface area contributed by atoms with Gasteiger partial charge in [0.2, 0.25) is 5.91 Å². The molecule has 1 amide bonds. The molecule has 1 aromatic heterocycles. The highest BCUT2D eigenvalue weighted by atomic mass is 16.2. The lowest BCUT2D eigenvalue weighted by Gasteiger charge is -2.17. The number of hydrogen-bond donors (Lipinski definition) is 2. The second-order valence-electron chi connectivity index (χ2n) is 4.27. The van der Waals surface area contributed by atoms with Crippen LogP contribution in [0.5, 0.6) is 0 Å². The van der Waals surface area contributed by atoms with E-state index in [4.69, 9.17) is 5.73 Å². The maximum absolute atomic E-state index is 11.8. The minimum Gasteiger partial charge on any atom is -0.348 e. The number of aromatic nitrogens is 1. The molecule has 0 radical (unpaired) electrons. The average Bonchev–Trinajstić information content (AvgIpc) is 2.36. The lowest BCUT2D eigenvalue weighted by atomic mass is 10.1. The van der Waals surface area contributed by atoms with Crippen molar-refractivity contribution in [3.8, 4) is 0 Å². The Bertz CT molecular complexity index is 340. The molecular weight excluding hydrogens is 214 g/mol. The van der Waals surface area contributed by atoms with Crippen molar-refractivity contribution in [2.24, 2.45) is 5.73 Å². The van der Waals surface area contributed by atoms with Crippen LogP contribution < -0.4 is 11.1 Å². The van der Waals surface area contributed by atoms with E-state index in [-0.39, 0.29) is 11.9 Å². The standard InChI is InChI=1S/C13H21N3O/c1-3-4-7-12(14)13(17)16-10(2)11-6-5-8-15-9-11/h5-6,8-10,12H,3-4,7,14H2,1-2H3,(H,16,17)/t10-,12-/m0/s1. The summed E-state index contributed by atoms with van der Waals surface area (Å²) in [6.45, 7) is 4.02. The molecule has 0 aliphatic carbocycles. The molecule has 4 nitrogen and oxygen atoms in total. The number of nitrogens with zero attached hydrogens (tertiary/aromatic N) is 1. The number of nitrogens with one attached hydrogen (secondary N) is 1. The molecule has 0 fully saturated rings. The Kier molecular flexibility index (Phi) is 5.63. The van der Waals surface area contributed by atoms with Gasteiger partial charge >= 0.3 is 0 Å². The number of carbonyl (C=O) groups excluding carboxylic acids is 1. The Morgan fingerprint density at radius 1 is 1.59 bits per heavy atom. The third kappa shape index (κ3) is 4.53. The molecule has 0 aromatic carbocycles. The fourth-order valence-electron chi connectivity index (χ4n) is 1.59. The van der Waals surface area contributed by atoms with Gasteiger partial charge in [0, 0.05) is 12.4 Å². The summed E-state index contributed by atoms with van der Waals surface area (Å²) in [5.74, 6) is -0.0881. The second kappa shape index (κ2) is 7.01. The van der Waals surface area contributed by atoms with Gasteiger partial charge in [0.05, 0.1) is 12.1 Å². The second-order valence-corrected chi connectivity index (χ2v) is 4.27. The maximum atomic E-state index is 11.8. The molecule has 3 N–H and O–H groups in total. The molecule has 0 spiro atoms. The summed E-state index contributed by atoms with van der Waals surface area (Å²) in [5.41, 5.74) is 6.79. The molecule has 4 heteroatoms. The monoisotopic (exact) mass is 235 g/mol. The van der Waals surface area contributed by atoms with Gasteiger partial charge < -0.3 is 11.1 Å². The van der Waals surface area contributed by atoms with Crippen molar-refractivity contribution in [2.75, 3.05) is 0 Å². The van der Waals surface area contributed by atoms with Gasteiger partial charge in [0.15, 0.2) is 0 Å². The van der Waals surface area contributed by atoms with Crippen LogP contribution in [0.3, 0.4) is 0 Å². The van der Waals surface area contributed by atoms with Crippen LogP contribution in [-0.2, 0) is 4.79 Å². The van der Waals surface area contributed by atoms with E-state index < -0.39 is 6.04 Å². The van der Waals surface area contributed by atoms with Crippen LogP contribution in [0.25, 0.3) is 0 Å². The van der Waals surface area contributed by atoms with E-state index in [9.17, 15) is 4.79 Å². The molecular formula is C13H21N3O. The Balaban J connectivity index is 2.46. The highest BCUT2D eigenvalue weighted by Gasteiger charge is 2.15. The normalized spacial score (nSPS) is 14.1. The Labute approximate surface area is 103 Å². The van der Waals surface area contributed by atoms with Gasteiger partial charge in [0.25, 0.3) is 0 Å². The lowest BCUT2D eigenvalue weighted by molar-refractivity contribution is -0.123. The van der Waals surface area contributed by atoms with Gasteiger partial charge in [-0.15, -0.1) is 0 Å². The number of nitrogens with two attached hydrogens (primary N) is 1. The average molecular weight is 235 g/mol. The summed E-state index contributed by atoms with van der Waals surface area (Å²) < 4.78 is 0. The van der Waals surface area contributed by atoms with Gasteiger partial charge in [-0.3, -0.25) is 9.78 Å². The van der Waals surface area contributed by atoms with Gasteiger partial charge in [-0.1, -0.05) is 25.8 Å². The van der Waals surface area contributed by atoms with Crippen LogP contribution >= 0.6 is 0 Å². The minimum atomic E-state index is -0.408. The van der Waals surface area contributed by atoms with Gasteiger partial charge in [0.1, 0.15) is 0 Å². The molecule has 1 aromatic rings. The molecule has 0 aliphatic rings. The van der Waals surface area contributed by atoms with E-state index in [0.717, 1.165) is 24.8 Å². The van der Waals surface area contributed by atoms with E-state index in [0.29, 0.717) is 0 Å². The molecule has 0 bridgehead atoms. The minimum absolute atomic E-state index is 0.0520. The number of hydrogen-bond acceptors (Lipinski definition) is 3. The number of carbonyl (C=O) groups is 1. The van der Waals surface area contributed by atoms with E-state index in [1.807, 2.05) is 19.1 Å². The van der Waals surface area contributed by atoms with Crippen molar-refractivity contribution >= 4 is 5.91 Å². The van der Waals surface area contributed by atoms with Crippen LogP contribution in [0.1, 0.15) is 44.7 Å². The van der Waals surface area contributed by atoms with Crippen LogP contribution in [0.4, 0.5) is 0 Å². The first-order chi connectivity index (χ1) is 8.15. The first-order valence-electron chi connectivity index (χ1n) is 6.11. The first kappa shape index (κ1) is 13.6. The summed E-state index contributed by atoms with van der Waals surface area (Å²) in [6, 6.07) is 3.34. The maximum Gasteiger partial charge on any atom is 0.237 e. The Morgan fingerprint density at radius 2 is 2.35 bits per heavy atom. The predicted octanol–water partition coefficient (Wildman–Crippen LogP) is 1.78. The molecule has 0 saturated heterocycles. The SMILES string of the molecule is CCCC[C@H](N)C(=O)N[C@@H](C)c1cccnc1. The molecule has 1 rings (SSSR count). The molecule has 0 unspecified atom stereocenters. The van der Waals surface area contributed by atoms with Gasteiger partial charge in [-0.25, -0.2) is 0 Å². The van der Waals surface area contributed by atoms with Gasteiger partial charge in [-0.2, -0.15) is 0 Å². The van der Waals surface area contributed by atoms with Crippen LogP contribution in [-0.4, -0.2) is 16.9 Å². The topological polar surface area (TPSA) is 68.0 Å². The fraction of sp³-hybridized carbons (Fsp3) is 0.538. The molecule has 94 valence electrons. The predicted molar refractivity (Wildman–Crippen MR) is 68.3 cm³/mol. The molecule has 17 heavy (non-hydrogen) atoms. The molecule has 1 heterocycles. The number of rotatable bonds is 6. The fourth-order valence-corrected chi connectivity index (χ4v) is 1.59. The largest absolute Gasteiger partial charge is 0.348 e. The van der Waals surface area contributed by atoms with Crippen molar-refractivity contribution < 1.29 is 4.79 Å². The summed E-state index contributed by atoms with van der Waals surface area (Å²) >= 11 is 0. The number of pyridine rings is 1. The zero-order valence-electron chi connectivity index (χ0n) is 10.5. The smallest absolute Gasteiger partial charge is 0.237 e. The quantitative estimate of drug-likeness (QED) is 0.789. The summed E-state index contributed by atoms with van der Waals surface area (Å²) in [6.07, 6.45) is 6.24. The summed E-state index contributed by atoms with van der Waals surface area (Å²) in [7, 11) is 0. The van der Waals surface area contributed by atoms with E-state index in [2.05, 4.69) is 17.2 Å². The van der Waals surface area contributed by atoms with E-state index >= 15 is 0 Å². The van der Waals surface area contributed by atoms with Crippen LogP contribution in [0, 0.1) is 0 Å². The Morgan fingerprint density at radius 3 is 2.94 bits per heavy atom.